The second kappa shape index (κ2) is 7.26. The summed E-state index contributed by atoms with van der Waals surface area (Å²) in [4.78, 5) is 15.9. The highest BCUT2D eigenvalue weighted by atomic mass is 35.5. The van der Waals surface area contributed by atoms with E-state index >= 15 is 0 Å². The summed E-state index contributed by atoms with van der Waals surface area (Å²) in [6.07, 6.45) is 0.741. The van der Waals surface area contributed by atoms with Crippen molar-refractivity contribution in [3.63, 3.8) is 0 Å². The second-order valence-electron chi connectivity index (χ2n) is 4.23. The summed E-state index contributed by atoms with van der Waals surface area (Å²) in [5.74, 6) is 0.480. The molecule has 0 spiro atoms. The van der Waals surface area contributed by atoms with Crippen LogP contribution in [-0.2, 0) is 11.2 Å². The van der Waals surface area contributed by atoms with E-state index in [9.17, 15) is 4.79 Å². The molecule has 106 valence electrons. The van der Waals surface area contributed by atoms with Crippen molar-refractivity contribution < 1.29 is 9.53 Å². The molecular weight excluding hydrogens is 296 g/mol. The third kappa shape index (κ3) is 4.83. The predicted octanol–water partition coefficient (Wildman–Crippen LogP) is 2.84. The molecule has 6 heteroatoms. The SMILES string of the molecule is Cc1csc(CCNC(=O)COc2ccc(Cl)cc2)n1. The van der Waals surface area contributed by atoms with Gasteiger partial charge in [-0.3, -0.25) is 4.79 Å². The average molecular weight is 311 g/mol. The maximum Gasteiger partial charge on any atom is 0.257 e. The highest BCUT2D eigenvalue weighted by Crippen LogP contribution is 2.15. The van der Waals surface area contributed by atoms with Crippen LogP contribution in [0.2, 0.25) is 5.02 Å². The lowest BCUT2D eigenvalue weighted by molar-refractivity contribution is -0.123. The van der Waals surface area contributed by atoms with Crippen LogP contribution in [0.3, 0.4) is 0 Å². The molecule has 0 aliphatic rings. The zero-order chi connectivity index (χ0) is 14.4. The van der Waals surface area contributed by atoms with Gasteiger partial charge in [-0.15, -0.1) is 11.3 Å². The average Bonchev–Trinajstić information content (AvgIpc) is 2.84. The predicted molar refractivity (Wildman–Crippen MR) is 80.5 cm³/mol. The fourth-order valence-corrected chi connectivity index (χ4v) is 2.46. The molecule has 0 fully saturated rings. The standard InChI is InChI=1S/C14H15ClN2O2S/c1-10-9-20-14(17-10)6-7-16-13(18)8-19-12-4-2-11(15)3-5-12/h2-5,9H,6-8H2,1H3,(H,16,18). The van der Waals surface area contributed by atoms with Crippen LogP contribution in [0.15, 0.2) is 29.6 Å². The Kier molecular flexibility index (Phi) is 5.38. The van der Waals surface area contributed by atoms with Gasteiger partial charge in [-0.05, 0) is 31.2 Å². The molecule has 0 saturated heterocycles. The molecule has 1 N–H and O–H groups in total. The summed E-state index contributed by atoms with van der Waals surface area (Å²) < 4.78 is 5.35. The molecule has 0 radical (unpaired) electrons. The van der Waals surface area contributed by atoms with Gasteiger partial charge in [0.15, 0.2) is 6.61 Å². The molecule has 0 aliphatic carbocycles. The minimum atomic E-state index is -0.145. The number of aromatic nitrogens is 1. The summed E-state index contributed by atoms with van der Waals surface area (Å²) in [5, 5.41) is 6.47. The quantitative estimate of drug-likeness (QED) is 0.892. The highest BCUT2D eigenvalue weighted by molar-refractivity contribution is 7.09. The Hall–Kier alpha value is -1.59. The van der Waals surface area contributed by atoms with E-state index in [0.717, 1.165) is 17.1 Å². The molecule has 4 nitrogen and oxygen atoms in total. The molecule has 0 unspecified atom stereocenters. The number of amides is 1. The Balaban J connectivity index is 1.66. The largest absolute Gasteiger partial charge is 0.484 e. The monoisotopic (exact) mass is 310 g/mol. The van der Waals surface area contributed by atoms with Crippen molar-refractivity contribution in [3.8, 4) is 5.75 Å². The topological polar surface area (TPSA) is 51.2 Å². The molecule has 1 amide bonds. The molecule has 0 atom stereocenters. The molecular formula is C14H15ClN2O2S. The number of halogens is 1. The molecule has 1 aromatic heterocycles. The normalized spacial score (nSPS) is 10.3. The summed E-state index contributed by atoms with van der Waals surface area (Å²) in [5.41, 5.74) is 1.02. The summed E-state index contributed by atoms with van der Waals surface area (Å²) in [6, 6.07) is 6.90. The second-order valence-corrected chi connectivity index (χ2v) is 5.60. The van der Waals surface area contributed by atoms with Crippen molar-refractivity contribution in [3.05, 3.63) is 45.4 Å². The van der Waals surface area contributed by atoms with E-state index in [2.05, 4.69) is 10.3 Å². The van der Waals surface area contributed by atoms with Gasteiger partial charge < -0.3 is 10.1 Å². The Bertz CT molecular complexity index is 569. The van der Waals surface area contributed by atoms with E-state index in [0.29, 0.717) is 17.3 Å². The molecule has 1 aromatic carbocycles. The van der Waals surface area contributed by atoms with E-state index in [1.807, 2.05) is 12.3 Å². The van der Waals surface area contributed by atoms with Gasteiger partial charge in [0.05, 0.1) is 5.01 Å². The number of thiazole rings is 1. The lowest BCUT2D eigenvalue weighted by Gasteiger charge is -2.06. The van der Waals surface area contributed by atoms with Gasteiger partial charge in [0.1, 0.15) is 5.75 Å². The maximum absolute atomic E-state index is 11.6. The maximum atomic E-state index is 11.6. The van der Waals surface area contributed by atoms with E-state index in [4.69, 9.17) is 16.3 Å². The van der Waals surface area contributed by atoms with Gasteiger partial charge in [-0.25, -0.2) is 4.98 Å². The number of benzene rings is 1. The van der Waals surface area contributed by atoms with Gasteiger partial charge in [-0.2, -0.15) is 0 Å². The van der Waals surface area contributed by atoms with E-state index in [1.165, 1.54) is 0 Å². The van der Waals surface area contributed by atoms with Gasteiger partial charge in [0.25, 0.3) is 5.91 Å². The number of carbonyl (C=O) groups is 1. The Morgan fingerprint density at radius 2 is 2.15 bits per heavy atom. The van der Waals surface area contributed by atoms with Crippen molar-refractivity contribution >= 4 is 28.8 Å². The van der Waals surface area contributed by atoms with Gasteiger partial charge in [0.2, 0.25) is 0 Å². The van der Waals surface area contributed by atoms with Crippen LogP contribution in [0.5, 0.6) is 5.75 Å². The van der Waals surface area contributed by atoms with Crippen LogP contribution >= 0.6 is 22.9 Å². The van der Waals surface area contributed by atoms with Crippen LogP contribution in [0.4, 0.5) is 0 Å². The first-order chi connectivity index (χ1) is 9.63. The number of ether oxygens (including phenoxy) is 1. The highest BCUT2D eigenvalue weighted by Gasteiger charge is 2.04. The first-order valence-corrected chi connectivity index (χ1v) is 7.45. The minimum Gasteiger partial charge on any atom is -0.484 e. The molecule has 2 aromatic rings. The third-order valence-electron chi connectivity index (χ3n) is 2.51. The number of rotatable bonds is 6. The number of carbonyl (C=O) groups excluding carboxylic acids is 1. The van der Waals surface area contributed by atoms with Gasteiger partial charge >= 0.3 is 0 Å². The van der Waals surface area contributed by atoms with Crippen LogP contribution < -0.4 is 10.1 Å². The minimum absolute atomic E-state index is 0.00146. The molecule has 0 bridgehead atoms. The first-order valence-electron chi connectivity index (χ1n) is 6.19. The van der Waals surface area contributed by atoms with Crippen LogP contribution in [-0.4, -0.2) is 24.0 Å². The first kappa shape index (κ1) is 14.8. The molecule has 0 aliphatic heterocycles. The lowest BCUT2D eigenvalue weighted by atomic mass is 10.3. The van der Waals surface area contributed by atoms with E-state index in [1.54, 1.807) is 35.6 Å². The zero-order valence-electron chi connectivity index (χ0n) is 11.1. The molecule has 1 heterocycles. The van der Waals surface area contributed by atoms with E-state index in [-0.39, 0.29) is 12.5 Å². The number of aryl methyl sites for hydroxylation is 1. The van der Waals surface area contributed by atoms with Crippen molar-refractivity contribution in [2.75, 3.05) is 13.2 Å². The number of hydrogen-bond acceptors (Lipinski definition) is 4. The van der Waals surface area contributed by atoms with Crippen LogP contribution in [0.1, 0.15) is 10.7 Å². The Morgan fingerprint density at radius 1 is 1.40 bits per heavy atom. The number of nitrogens with zero attached hydrogens (tertiary/aromatic N) is 1. The third-order valence-corrected chi connectivity index (χ3v) is 3.79. The lowest BCUT2D eigenvalue weighted by Crippen LogP contribution is -2.30. The fourth-order valence-electron chi connectivity index (χ4n) is 1.56. The summed E-state index contributed by atoms with van der Waals surface area (Å²) in [7, 11) is 0. The van der Waals surface area contributed by atoms with E-state index < -0.39 is 0 Å². The van der Waals surface area contributed by atoms with Gasteiger partial charge in [-0.1, -0.05) is 11.6 Å². The number of hydrogen-bond donors (Lipinski definition) is 1. The van der Waals surface area contributed by atoms with Crippen LogP contribution in [0, 0.1) is 6.92 Å². The smallest absolute Gasteiger partial charge is 0.257 e. The van der Waals surface area contributed by atoms with Crippen molar-refractivity contribution in [2.45, 2.75) is 13.3 Å². The van der Waals surface area contributed by atoms with Crippen LogP contribution in [0.25, 0.3) is 0 Å². The van der Waals surface area contributed by atoms with Crippen molar-refractivity contribution in [1.82, 2.24) is 10.3 Å². The zero-order valence-corrected chi connectivity index (χ0v) is 12.6. The summed E-state index contributed by atoms with van der Waals surface area (Å²) >= 11 is 7.37. The van der Waals surface area contributed by atoms with Gasteiger partial charge in [0, 0.05) is 29.1 Å². The fraction of sp³-hybridized carbons (Fsp3) is 0.286. The Morgan fingerprint density at radius 3 is 2.80 bits per heavy atom. The van der Waals surface area contributed by atoms with Crippen molar-refractivity contribution in [1.29, 1.82) is 0 Å². The van der Waals surface area contributed by atoms with Crippen molar-refractivity contribution in [2.24, 2.45) is 0 Å². The molecule has 2 rings (SSSR count). The number of nitrogens with one attached hydrogen (secondary N) is 1. The molecule has 0 saturated carbocycles. The summed E-state index contributed by atoms with van der Waals surface area (Å²) in [6.45, 7) is 2.52. The molecule has 20 heavy (non-hydrogen) atoms. The Labute approximate surface area is 126 Å².